The molecule has 1 aromatic heterocycles. The van der Waals surface area contributed by atoms with Crippen molar-refractivity contribution in [3.05, 3.63) is 48.3 Å². The molecule has 5 nitrogen and oxygen atoms in total. The summed E-state index contributed by atoms with van der Waals surface area (Å²) in [6.07, 6.45) is 4.54. The first kappa shape index (κ1) is 13.3. The van der Waals surface area contributed by atoms with Gasteiger partial charge in [0.05, 0.1) is 18.1 Å². The summed E-state index contributed by atoms with van der Waals surface area (Å²) in [5.41, 5.74) is 1.85. The average Bonchev–Trinajstić information content (AvgIpc) is 2.85. The molecule has 0 aliphatic rings. The molecular formula is C14H17N3O2. The van der Waals surface area contributed by atoms with Crippen molar-refractivity contribution >= 4 is 11.6 Å². The number of hydrogen-bond donors (Lipinski definition) is 1. The highest BCUT2D eigenvalue weighted by Crippen LogP contribution is 2.07. The van der Waals surface area contributed by atoms with Crippen LogP contribution in [0.4, 0.5) is 5.69 Å². The number of benzene rings is 1. The van der Waals surface area contributed by atoms with Crippen LogP contribution in [0, 0.1) is 0 Å². The first-order valence-electron chi connectivity index (χ1n) is 6.13. The zero-order valence-electron chi connectivity index (χ0n) is 10.9. The molecule has 0 atom stereocenters. The third kappa shape index (κ3) is 4.22. The number of nitrogens with zero attached hydrogens (tertiary/aromatic N) is 2. The van der Waals surface area contributed by atoms with E-state index in [1.165, 1.54) is 0 Å². The van der Waals surface area contributed by atoms with E-state index < -0.39 is 0 Å². The van der Waals surface area contributed by atoms with Crippen molar-refractivity contribution in [3.8, 4) is 0 Å². The second-order valence-electron chi connectivity index (χ2n) is 4.22. The van der Waals surface area contributed by atoms with Crippen molar-refractivity contribution in [1.29, 1.82) is 0 Å². The molecule has 0 saturated heterocycles. The topological polar surface area (TPSA) is 56.1 Å². The van der Waals surface area contributed by atoms with Gasteiger partial charge in [-0.05, 0) is 12.0 Å². The van der Waals surface area contributed by atoms with Crippen molar-refractivity contribution in [2.45, 2.75) is 19.6 Å². The van der Waals surface area contributed by atoms with Crippen LogP contribution < -0.4 is 5.32 Å². The molecule has 0 saturated carbocycles. The number of aryl methyl sites for hydroxylation is 1. The largest absolute Gasteiger partial charge is 0.362 e. The normalized spacial score (nSPS) is 10.4. The molecule has 0 bridgehead atoms. The predicted octanol–water partition coefficient (Wildman–Crippen LogP) is 2.06. The number of aromatic nitrogens is 2. The Morgan fingerprint density at radius 1 is 1.37 bits per heavy atom. The Morgan fingerprint density at radius 2 is 2.16 bits per heavy atom. The average molecular weight is 259 g/mol. The molecule has 5 heteroatoms. The quantitative estimate of drug-likeness (QED) is 0.864. The highest BCUT2D eigenvalue weighted by molar-refractivity contribution is 5.90. The Kier molecular flexibility index (Phi) is 4.69. The van der Waals surface area contributed by atoms with E-state index in [-0.39, 0.29) is 5.91 Å². The lowest BCUT2D eigenvalue weighted by atomic mass is 10.1. The van der Waals surface area contributed by atoms with Crippen LogP contribution >= 0.6 is 0 Å². The summed E-state index contributed by atoms with van der Waals surface area (Å²) in [6.45, 7) is 0.375. The molecular weight excluding hydrogens is 242 g/mol. The van der Waals surface area contributed by atoms with Crippen LogP contribution in [0.25, 0.3) is 0 Å². The summed E-state index contributed by atoms with van der Waals surface area (Å²) in [4.78, 5) is 11.8. The standard InChI is InChI=1S/C14H17N3O2/c1-19-11-17-10-13(9-15-17)16-14(18)8-7-12-5-3-2-4-6-12/h2-6,9-10H,7-8,11H2,1H3,(H,16,18). The van der Waals surface area contributed by atoms with Crippen LogP contribution in [-0.2, 0) is 22.7 Å². The van der Waals surface area contributed by atoms with E-state index in [4.69, 9.17) is 4.74 Å². The second-order valence-corrected chi connectivity index (χ2v) is 4.22. The molecule has 0 aliphatic heterocycles. The fourth-order valence-electron chi connectivity index (χ4n) is 1.76. The van der Waals surface area contributed by atoms with E-state index in [1.807, 2.05) is 30.3 Å². The fourth-order valence-corrected chi connectivity index (χ4v) is 1.76. The first-order valence-corrected chi connectivity index (χ1v) is 6.13. The number of rotatable bonds is 6. The Hall–Kier alpha value is -2.14. The van der Waals surface area contributed by atoms with E-state index in [2.05, 4.69) is 10.4 Å². The highest BCUT2D eigenvalue weighted by Gasteiger charge is 2.05. The molecule has 0 spiro atoms. The van der Waals surface area contributed by atoms with Crippen molar-refractivity contribution in [3.63, 3.8) is 0 Å². The van der Waals surface area contributed by atoms with Gasteiger partial charge in [-0.1, -0.05) is 30.3 Å². The SMILES string of the molecule is COCn1cc(NC(=O)CCc2ccccc2)cn1. The number of methoxy groups -OCH3 is 1. The Morgan fingerprint density at radius 3 is 2.89 bits per heavy atom. The van der Waals surface area contributed by atoms with Gasteiger partial charge in [0, 0.05) is 13.5 Å². The minimum absolute atomic E-state index is 0.0131. The number of hydrogen-bond acceptors (Lipinski definition) is 3. The van der Waals surface area contributed by atoms with E-state index in [1.54, 1.807) is 24.2 Å². The van der Waals surface area contributed by atoms with E-state index in [0.29, 0.717) is 18.8 Å². The fraction of sp³-hybridized carbons (Fsp3) is 0.286. The first-order chi connectivity index (χ1) is 9.28. The summed E-state index contributed by atoms with van der Waals surface area (Å²) in [6, 6.07) is 9.95. The molecule has 19 heavy (non-hydrogen) atoms. The third-order valence-corrected chi connectivity index (χ3v) is 2.66. The summed E-state index contributed by atoms with van der Waals surface area (Å²) in [7, 11) is 1.60. The van der Waals surface area contributed by atoms with Crippen LogP contribution in [0.1, 0.15) is 12.0 Å². The van der Waals surface area contributed by atoms with Crippen LogP contribution in [0.5, 0.6) is 0 Å². The van der Waals surface area contributed by atoms with Gasteiger partial charge in [0.2, 0.25) is 5.91 Å². The number of nitrogens with one attached hydrogen (secondary N) is 1. The molecule has 0 fully saturated rings. The monoisotopic (exact) mass is 259 g/mol. The molecule has 1 aromatic carbocycles. The number of carbonyl (C=O) groups is 1. The molecule has 100 valence electrons. The number of amides is 1. The smallest absolute Gasteiger partial charge is 0.224 e. The number of ether oxygens (including phenoxy) is 1. The van der Waals surface area contributed by atoms with Crippen molar-refractivity contribution in [2.24, 2.45) is 0 Å². The molecule has 0 radical (unpaired) electrons. The summed E-state index contributed by atoms with van der Waals surface area (Å²) in [5.74, 6) is -0.0131. The maximum atomic E-state index is 11.8. The zero-order valence-corrected chi connectivity index (χ0v) is 10.9. The summed E-state index contributed by atoms with van der Waals surface area (Å²) < 4.78 is 6.56. The Balaban J connectivity index is 1.80. The maximum Gasteiger partial charge on any atom is 0.224 e. The minimum Gasteiger partial charge on any atom is -0.362 e. The lowest BCUT2D eigenvalue weighted by molar-refractivity contribution is -0.116. The molecule has 0 aliphatic carbocycles. The lowest BCUT2D eigenvalue weighted by Gasteiger charge is -2.02. The third-order valence-electron chi connectivity index (χ3n) is 2.66. The minimum atomic E-state index is -0.0131. The van der Waals surface area contributed by atoms with Crippen LogP contribution in [0.15, 0.2) is 42.7 Å². The van der Waals surface area contributed by atoms with Crippen molar-refractivity contribution < 1.29 is 9.53 Å². The molecule has 2 aromatic rings. The van der Waals surface area contributed by atoms with Gasteiger partial charge in [-0.15, -0.1) is 0 Å². The van der Waals surface area contributed by atoms with Gasteiger partial charge < -0.3 is 10.1 Å². The number of carbonyl (C=O) groups excluding carboxylic acids is 1. The van der Waals surface area contributed by atoms with E-state index >= 15 is 0 Å². The zero-order chi connectivity index (χ0) is 13.5. The van der Waals surface area contributed by atoms with Crippen molar-refractivity contribution in [1.82, 2.24) is 9.78 Å². The van der Waals surface area contributed by atoms with Gasteiger partial charge in [-0.25, -0.2) is 4.68 Å². The van der Waals surface area contributed by atoms with Gasteiger partial charge in [0.1, 0.15) is 6.73 Å². The highest BCUT2D eigenvalue weighted by atomic mass is 16.5. The van der Waals surface area contributed by atoms with Gasteiger partial charge >= 0.3 is 0 Å². The molecule has 1 amide bonds. The van der Waals surface area contributed by atoms with Gasteiger partial charge in [-0.2, -0.15) is 5.10 Å². The van der Waals surface area contributed by atoms with Crippen LogP contribution in [0.3, 0.4) is 0 Å². The Labute approximate surface area is 112 Å². The van der Waals surface area contributed by atoms with Crippen LogP contribution in [-0.4, -0.2) is 22.8 Å². The van der Waals surface area contributed by atoms with Crippen LogP contribution in [0.2, 0.25) is 0 Å². The summed E-state index contributed by atoms with van der Waals surface area (Å²) >= 11 is 0. The molecule has 0 unspecified atom stereocenters. The summed E-state index contributed by atoms with van der Waals surface area (Å²) in [5, 5.41) is 6.87. The second kappa shape index (κ2) is 6.70. The maximum absolute atomic E-state index is 11.8. The van der Waals surface area contributed by atoms with Gasteiger partial charge in [0.15, 0.2) is 0 Å². The lowest BCUT2D eigenvalue weighted by Crippen LogP contribution is -2.11. The Bertz CT molecular complexity index is 522. The van der Waals surface area contributed by atoms with E-state index in [0.717, 1.165) is 12.0 Å². The van der Waals surface area contributed by atoms with Gasteiger partial charge in [-0.3, -0.25) is 4.79 Å². The predicted molar refractivity (Wildman–Crippen MR) is 72.6 cm³/mol. The van der Waals surface area contributed by atoms with E-state index in [9.17, 15) is 4.79 Å². The van der Waals surface area contributed by atoms with Gasteiger partial charge in [0.25, 0.3) is 0 Å². The molecule has 1 heterocycles. The van der Waals surface area contributed by atoms with Crippen molar-refractivity contribution in [2.75, 3.05) is 12.4 Å². The number of anilines is 1. The molecule has 1 N–H and O–H groups in total. The molecule has 2 rings (SSSR count).